The summed E-state index contributed by atoms with van der Waals surface area (Å²) in [4.78, 5) is 11.3. The Hall–Kier alpha value is -2.30. The molecule has 2 rings (SSSR count). The van der Waals surface area contributed by atoms with E-state index < -0.39 is 29.3 Å². The fourth-order valence-corrected chi connectivity index (χ4v) is 2.10. The van der Waals surface area contributed by atoms with E-state index in [2.05, 4.69) is 0 Å². The van der Waals surface area contributed by atoms with Crippen LogP contribution in [0.3, 0.4) is 0 Å². The minimum Gasteiger partial charge on any atom is -0.481 e. The first-order chi connectivity index (χ1) is 9.95. The second kappa shape index (κ2) is 6.43. The second-order valence-electron chi connectivity index (χ2n) is 4.82. The van der Waals surface area contributed by atoms with Crippen molar-refractivity contribution in [2.45, 2.75) is 12.8 Å². The summed E-state index contributed by atoms with van der Waals surface area (Å²) in [6, 6.07) is 8.86. The Labute approximate surface area is 119 Å². The van der Waals surface area contributed by atoms with E-state index in [0.717, 1.165) is 12.1 Å². The van der Waals surface area contributed by atoms with Crippen molar-refractivity contribution in [1.82, 2.24) is 0 Å². The molecule has 0 aliphatic rings. The molecule has 0 heterocycles. The largest absolute Gasteiger partial charge is 0.481 e. The van der Waals surface area contributed by atoms with Crippen molar-refractivity contribution in [2.75, 3.05) is 0 Å². The molecule has 0 saturated carbocycles. The quantitative estimate of drug-likeness (QED) is 0.915. The van der Waals surface area contributed by atoms with Crippen LogP contribution in [0.15, 0.2) is 42.5 Å². The van der Waals surface area contributed by atoms with Gasteiger partial charge in [0.05, 0.1) is 5.92 Å². The van der Waals surface area contributed by atoms with E-state index in [-0.39, 0.29) is 12.8 Å². The van der Waals surface area contributed by atoms with Crippen molar-refractivity contribution in [2.24, 2.45) is 5.92 Å². The lowest BCUT2D eigenvalue weighted by molar-refractivity contribution is -0.141. The van der Waals surface area contributed by atoms with E-state index in [0.29, 0.717) is 11.1 Å². The molecule has 0 aromatic heterocycles. The number of carbonyl (C=O) groups is 1. The van der Waals surface area contributed by atoms with Gasteiger partial charge in [0, 0.05) is 0 Å². The van der Waals surface area contributed by atoms with Crippen LogP contribution >= 0.6 is 0 Å². The van der Waals surface area contributed by atoms with E-state index >= 15 is 0 Å². The van der Waals surface area contributed by atoms with E-state index in [1.165, 1.54) is 30.3 Å². The summed E-state index contributed by atoms with van der Waals surface area (Å²) < 4.78 is 38.8. The molecule has 0 radical (unpaired) electrons. The first-order valence-electron chi connectivity index (χ1n) is 6.37. The van der Waals surface area contributed by atoms with Crippen molar-refractivity contribution in [1.29, 1.82) is 0 Å². The molecule has 0 bridgehead atoms. The molecule has 1 unspecified atom stereocenters. The Morgan fingerprint density at radius 3 is 2.05 bits per heavy atom. The van der Waals surface area contributed by atoms with Gasteiger partial charge in [0.15, 0.2) is 11.6 Å². The van der Waals surface area contributed by atoms with Gasteiger partial charge in [0.1, 0.15) is 5.82 Å². The fourth-order valence-electron chi connectivity index (χ4n) is 2.10. The maximum Gasteiger partial charge on any atom is 0.307 e. The minimum absolute atomic E-state index is 0.0733. The van der Waals surface area contributed by atoms with Gasteiger partial charge in [-0.15, -0.1) is 0 Å². The van der Waals surface area contributed by atoms with Crippen LogP contribution in [0.1, 0.15) is 11.1 Å². The molecule has 5 heteroatoms. The zero-order chi connectivity index (χ0) is 15.4. The summed E-state index contributed by atoms with van der Waals surface area (Å²) in [6.07, 6.45) is 0.262. The topological polar surface area (TPSA) is 37.3 Å². The fraction of sp³-hybridized carbons (Fsp3) is 0.188. The molecule has 0 amide bonds. The highest BCUT2D eigenvalue weighted by molar-refractivity contribution is 5.70. The molecule has 0 aliphatic heterocycles. The van der Waals surface area contributed by atoms with Gasteiger partial charge in [0.2, 0.25) is 0 Å². The summed E-state index contributed by atoms with van der Waals surface area (Å²) in [5.74, 6) is -4.20. The first kappa shape index (κ1) is 15.1. The zero-order valence-electron chi connectivity index (χ0n) is 11.0. The maximum absolute atomic E-state index is 13.1. The van der Waals surface area contributed by atoms with Crippen molar-refractivity contribution in [3.63, 3.8) is 0 Å². The summed E-state index contributed by atoms with van der Waals surface area (Å²) in [7, 11) is 0. The van der Waals surface area contributed by atoms with Gasteiger partial charge in [0.25, 0.3) is 0 Å². The molecular formula is C16H13F3O2. The molecule has 21 heavy (non-hydrogen) atoms. The van der Waals surface area contributed by atoms with Gasteiger partial charge in [-0.2, -0.15) is 0 Å². The monoisotopic (exact) mass is 294 g/mol. The lowest BCUT2D eigenvalue weighted by Crippen LogP contribution is -2.19. The predicted molar refractivity (Wildman–Crippen MR) is 71.3 cm³/mol. The van der Waals surface area contributed by atoms with Crippen molar-refractivity contribution in [3.05, 3.63) is 71.0 Å². The normalized spacial score (nSPS) is 12.1. The highest BCUT2D eigenvalue weighted by Gasteiger charge is 2.19. The molecule has 0 spiro atoms. The summed E-state index contributed by atoms with van der Waals surface area (Å²) >= 11 is 0. The highest BCUT2D eigenvalue weighted by Crippen LogP contribution is 2.17. The molecule has 0 saturated heterocycles. The van der Waals surface area contributed by atoms with Crippen LogP contribution in [0.4, 0.5) is 13.2 Å². The molecule has 0 aliphatic carbocycles. The van der Waals surface area contributed by atoms with Crippen LogP contribution in [0.25, 0.3) is 0 Å². The molecule has 0 fully saturated rings. The standard InChI is InChI=1S/C16H13F3O2/c17-13-4-1-10(2-5-13)7-12(16(20)21)8-11-3-6-14(18)15(19)9-11/h1-6,9,12H,7-8H2,(H,20,21). The number of carboxylic acid groups (broad SMARTS) is 1. The van der Waals surface area contributed by atoms with E-state index in [9.17, 15) is 23.1 Å². The van der Waals surface area contributed by atoms with Gasteiger partial charge in [-0.1, -0.05) is 18.2 Å². The van der Waals surface area contributed by atoms with Gasteiger partial charge in [-0.05, 0) is 48.2 Å². The van der Waals surface area contributed by atoms with E-state index in [1.54, 1.807) is 0 Å². The number of benzene rings is 2. The SMILES string of the molecule is O=C(O)C(Cc1ccc(F)cc1)Cc1ccc(F)c(F)c1. The van der Waals surface area contributed by atoms with Crippen molar-refractivity contribution >= 4 is 5.97 Å². The van der Waals surface area contributed by atoms with Crippen LogP contribution < -0.4 is 0 Å². The third-order valence-electron chi connectivity index (χ3n) is 3.21. The van der Waals surface area contributed by atoms with Crippen LogP contribution in [-0.2, 0) is 17.6 Å². The average Bonchev–Trinajstić information content (AvgIpc) is 2.44. The smallest absolute Gasteiger partial charge is 0.307 e. The Balaban J connectivity index is 2.13. The third-order valence-corrected chi connectivity index (χ3v) is 3.21. The first-order valence-corrected chi connectivity index (χ1v) is 6.37. The van der Waals surface area contributed by atoms with Crippen LogP contribution in [0.2, 0.25) is 0 Å². The third kappa shape index (κ3) is 4.08. The maximum atomic E-state index is 13.1. The minimum atomic E-state index is -1.04. The lowest BCUT2D eigenvalue weighted by Gasteiger charge is -2.13. The number of hydrogen-bond acceptors (Lipinski definition) is 1. The predicted octanol–water partition coefficient (Wildman–Crippen LogP) is 3.59. The molecule has 110 valence electrons. The molecule has 2 nitrogen and oxygen atoms in total. The second-order valence-corrected chi connectivity index (χ2v) is 4.82. The number of hydrogen-bond donors (Lipinski definition) is 1. The summed E-state index contributed by atoms with van der Waals surface area (Å²) in [6.45, 7) is 0. The molecular weight excluding hydrogens is 281 g/mol. The Bertz CT molecular complexity index is 638. The van der Waals surface area contributed by atoms with Crippen molar-refractivity contribution < 1.29 is 23.1 Å². The van der Waals surface area contributed by atoms with Crippen LogP contribution in [-0.4, -0.2) is 11.1 Å². The molecule has 1 atom stereocenters. The van der Waals surface area contributed by atoms with Gasteiger partial charge < -0.3 is 5.11 Å². The van der Waals surface area contributed by atoms with Crippen LogP contribution in [0.5, 0.6) is 0 Å². The molecule has 1 N–H and O–H groups in total. The van der Waals surface area contributed by atoms with Gasteiger partial charge >= 0.3 is 5.97 Å². The number of aliphatic carboxylic acids is 1. The van der Waals surface area contributed by atoms with Crippen molar-refractivity contribution in [3.8, 4) is 0 Å². The Morgan fingerprint density at radius 2 is 1.48 bits per heavy atom. The van der Waals surface area contributed by atoms with E-state index in [1.807, 2.05) is 0 Å². The average molecular weight is 294 g/mol. The zero-order valence-corrected chi connectivity index (χ0v) is 11.0. The van der Waals surface area contributed by atoms with E-state index in [4.69, 9.17) is 0 Å². The summed E-state index contributed by atoms with van der Waals surface area (Å²) in [5.41, 5.74) is 1.08. The summed E-state index contributed by atoms with van der Waals surface area (Å²) in [5, 5.41) is 9.23. The Kier molecular flexibility index (Phi) is 4.62. The lowest BCUT2D eigenvalue weighted by atomic mass is 9.92. The highest BCUT2D eigenvalue weighted by atomic mass is 19.2. The number of carboxylic acids is 1. The van der Waals surface area contributed by atoms with Gasteiger partial charge in [-0.3, -0.25) is 4.79 Å². The Morgan fingerprint density at radius 1 is 0.905 bits per heavy atom. The number of halogens is 3. The number of rotatable bonds is 5. The van der Waals surface area contributed by atoms with Gasteiger partial charge in [-0.25, -0.2) is 13.2 Å². The van der Waals surface area contributed by atoms with Crippen LogP contribution in [0, 0.1) is 23.4 Å². The molecule has 2 aromatic carbocycles. The molecule has 2 aromatic rings.